The van der Waals surface area contributed by atoms with E-state index in [9.17, 15) is 9.18 Å². The normalized spacial score (nSPS) is 11.0. The zero-order valence-corrected chi connectivity index (χ0v) is 16.2. The van der Waals surface area contributed by atoms with E-state index >= 15 is 0 Å². The van der Waals surface area contributed by atoms with Gasteiger partial charge in [0, 0.05) is 18.4 Å². The van der Waals surface area contributed by atoms with Crippen molar-refractivity contribution in [2.45, 2.75) is 19.8 Å². The van der Waals surface area contributed by atoms with Crippen LogP contribution in [0.1, 0.15) is 18.9 Å². The SMILES string of the molecule is CC(=O)Oc1cc(OCCCc2ccc(F)cc2)cc2ccc3ccccc3c12. The number of aryl methyl sites for hydroxylation is 1. The number of fused-ring (bicyclic) bond motifs is 3. The van der Waals surface area contributed by atoms with Crippen LogP contribution in [0.15, 0.2) is 72.8 Å². The minimum absolute atomic E-state index is 0.230. The van der Waals surface area contributed by atoms with Crippen LogP contribution in [-0.4, -0.2) is 12.6 Å². The van der Waals surface area contributed by atoms with E-state index in [0.29, 0.717) is 18.1 Å². The molecule has 0 N–H and O–H groups in total. The van der Waals surface area contributed by atoms with Gasteiger partial charge in [-0.2, -0.15) is 0 Å². The van der Waals surface area contributed by atoms with Crippen LogP contribution in [0.4, 0.5) is 4.39 Å². The molecule has 0 saturated carbocycles. The Morgan fingerprint density at radius 3 is 2.48 bits per heavy atom. The lowest BCUT2D eigenvalue weighted by Gasteiger charge is -2.13. The Kier molecular flexibility index (Phi) is 5.43. The average Bonchev–Trinajstić information content (AvgIpc) is 2.71. The second-order valence-electron chi connectivity index (χ2n) is 6.98. The number of halogens is 1. The van der Waals surface area contributed by atoms with Crippen molar-refractivity contribution in [2.75, 3.05) is 6.61 Å². The van der Waals surface area contributed by atoms with Crippen LogP contribution in [0.5, 0.6) is 11.5 Å². The van der Waals surface area contributed by atoms with Crippen molar-refractivity contribution >= 4 is 27.5 Å². The van der Waals surface area contributed by atoms with Crippen molar-refractivity contribution in [3.05, 3.63) is 84.2 Å². The van der Waals surface area contributed by atoms with E-state index in [4.69, 9.17) is 9.47 Å². The van der Waals surface area contributed by atoms with Gasteiger partial charge in [-0.3, -0.25) is 4.79 Å². The van der Waals surface area contributed by atoms with E-state index in [1.54, 1.807) is 18.2 Å². The summed E-state index contributed by atoms with van der Waals surface area (Å²) in [5.74, 6) is 0.558. The average molecular weight is 388 g/mol. The highest BCUT2D eigenvalue weighted by molar-refractivity contribution is 6.11. The highest BCUT2D eigenvalue weighted by Crippen LogP contribution is 2.36. The Bertz CT molecular complexity index is 1170. The summed E-state index contributed by atoms with van der Waals surface area (Å²) in [6, 6.07) is 22.3. The van der Waals surface area contributed by atoms with Gasteiger partial charge in [-0.1, -0.05) is 48.5 Å². The molecule has 0 unspecified atom stereocenters. The third-order valence-corrected chi connectivity index (χ3v) is 4.82. The summed E-state index contributed by atoms with van der Waals surface area (Å²) < 4.78 is 24.4. The second kappa shape index (κ2) is 8.31. The molecule has 0 aliphatic rings. The smallest absolute Gasteiger partial charge is 0.308 e. The predicted molar refractivity (Wildman–Crippen MR) is 113 cm³/mol. The lowest BCUT2D eigenvalue weighted by atomic mass is 10.0. The fourth-order valence-electron chi connectivity index (χ4n) is 3.52. The van der Waals surface area contributed by atoms with Gasteiger partial charge >= 0.3 is 5.97 Å². The monoisotopic (exact) mass is 388 g/mol. The van der Waals surface area contributed by atoms with Gasteiger partial charge in [-0.05, 0) is 52.8 Å². The quantitative estimate of drug-likeness (QED) is 0.174. The van der Waals surface area contributed by atoms with Gasteiger partial charge in [0.1, 0.15) is 17.3 Å². The summed E-state index contributed by atoms with van der Waals surface area (Å²) in [5, 5.41) is 3.97. The second-order valence-corrected chi connectivity index (χ2v) is 6.98. The van der Waals surface area contributed by atoms with Crippen LogP contribution in [0, 0.1) is 5.82 Å². The molecule has 0 radical (unpaired) electrons. The van der Waals surface area contributed by atoms with E-state index in [-0.39, 0.29) is 11.8 Å². The third kappa shape index (κ3) is 4.37. The number of ether oxygens (including phenoxy) is 2. The lowest BCUT2D eigenvalue weighted by Crippen LogP contribution is -2.04. The third-order valence-electron chi connectivity index (χ3n) is 4.82. The summed E-state index contributed by atoms with van der Waals surface area (Å²) in [6.45, 7) is 1.91. The van der Waals surface area contributed by atoms with Crippen molar-refractivity contribution in [1.82, 2.24) is 0 Å². The van der Waals surface area contributed by atoms with Gasteiger partial charge in [-0.25, -0.2) is 4.39 Å². The topological polar surface area (TPSA) is 35.5 Å². The maximum absolute atomic E-state index is 13.0. The number of benzene rings is 4. The molecule has 0 saturated heterocycles. The Balaban J connectivity index is 1.57. The summed E-state index contributed by atoms with van der Waals surface area (Å²) in [4.78, 5) is 11.7. The predicted octanol–water partition coefficient (Wildman–Crippen LogP) is 6.07. The fraction of sp³-hybridized carbons (Fsp3) is 0.160. The first kappa shape index (κ1) is 18.9. The van der Waals surface area contributed by atoms with Gasteiger partial charge in [0.25, 0.3) is 0 Å². The van der Waals surface area contributed by atoms with Crippen LogP contribution < -0.4 is 9.47 Å². The number of esters is 1. The number of rotatable bonds is 6. The lowest BCUT2D eigenvalue weighted by molar-refractivity contribution is -0.131. The summed E-state index contributed by atoms with van der Waals surface area (Å²) >= 11 is 0. The van der Waals surface area contributed by atoms with Crippen LogP contribution >= 0.6 is 0 Å². The Labute approximate surface area is 168 Å². The van der Waals surface area contributed by atoms with E-state index in [1.165, 1.54) is 19.1 Å². The molecule has 0 spiro atoms. The first-order chi connectivity index (χ1) is 14.1. The summed E-state index contributed by atoms with van der Waals surface area (Å²) in [6.07, 6.45) is 1.60. The van der Waals surface area contributed by atoms with Gasteiger partial charge in [0.2, 0.25) is 0 Å². The van der Waals surface area contributed by atoms with E-state index in [0.717, 1.165) is 39.9 Å². The minimum Gasteiger partial charge on any atom is -0.493 e. The van der Waals surface area contributed by atoms with Crippen molar-refractivity contribution in [3.8, 4) is 11.5 Å². The molecule has 0 aliphatic carbocycles. The fourth-order valence-corrected chi connectivity index (χ4v) is 3.52. The molecule has 3 nitrogen and oxygen atoms in total. The molecular weight excluding hydrogens is 367 g/mol. The molecule has 0 atom stereocenters. The Morgan fingerprint density at radius 1 is 0.931 bits per heavy atom. The van der Waals surface area contributed by atoms with Gasteiger partial charge in [0.05, 0.1) is 6.61 Å². The number of hydrogen-bond acceptors (Lipinski definition) is 3. The van der Waals surface area contributed by atoms with Crippen LogP contribution in [0.3, 0.4) is 0 Å². The van der Waals surface area contributed by atoms with Crippen molar-refractivity contribution < 1.29 is 18.7 Å². The van der Waals surface area contributed by atoms with E-state index in [2.05, 4.69) is 0 Å². The Morgan fingerprint density at radius 2 is 1.69 bits per heavy atom. The van der Waals surface area contributed by atoms with Crippen LogP contribution in [0.25, 0.3) is 21.5 Å². The molecule has 0 heterocycles. The molecule has 4 rings (SSSR count). The molecule has 0 amide bonds. The molecule has 4 aromatic carbocycles. The van der Waals surface area contributed by atoms with Gasteiger partial charge < -0.3 is 9.47 Å². The Hall–Kier alpha value is -3.40. The standard InChI is InChI=1S/C25H21FO3/c1-17(27)29-24-16-22(28-14-4-5-18-8-12-21(26)13-9-18)15-20-11-10-19-6-2-3-7-23(19)25(20)24/h2-3,6-13,15-16H,4-5,14H2,1H3. The highest BCUT2D eigenvalue weighted by Gasteiger charge is 2.12. The maximum atomic E-state index is 13.0. The van der Waals surface area contributed by atoms with Crippen molar-refractivity contribution in [2.24, 2.45) is 0 Å². The van der Waals surface area contributed by atoms with Crippen molar-refractivity contribution in [3.63, 3.8) is 0 Å². The molecule has 4 aromatic rings. The zero-order chi connectivity index (χ0) is 20.2. The molecular formula is C25H21FO3. The number of carbonyl (C=O) groups excluding carboxylic acids is 1. The number of hydrogen-bond donors (Lipinski definition) is 0. The van der Waals surface area contributed by atoms with E-state index in [1.807, 2.05) is 42.5 Å². The number of carbonyl (C=O) groups is 1. The van der Waals surface area contributed by atoms with E-state index < -0.39 is 0 Å². The zero-order valence-electron chi connectivity index (χ0n) is 16.2. The molecule has 0 bridgehead atoms. The molecule has 0 fully saturated rings. The highest BCUT2D eigenvalue weighted by atomic mass is 19.1. The summed E-state index contributed by atoms with van der Waals surface area (Å²) in [5.41, 5.74) is 1.07. The van der Waals surface area contributed by atoms with Crippen molar-refractivity contribution in [1.29, 1.82) is 0 Å². The first-order valence-electron chi connectivity index (χ1n) is 9.61. The van der Waals surface area contributed by atoms with Crippen LogP contribution in [0.2, 0.25) is 0 Å². The first-order valence-corrected chi connectivity index (χ1v) is 9.61. The van der Waals surface area contributed by atoms with Gasteiger partial charge in [-0.15, -0.1) is 0 Å². The molecule has 0 aliphatic heterocycles. The molecule has 29 heavy (non-hydrogen) atoms. The largest absolute Gasteiger partial charge is 0.493 e. The minimum atomic E-state index is -0.368. The molecule has 146 valence electrons. The molecule has 0 aromatic heterocycles. The molecule has 4 heteroatoms. The summed E-state index contributed by atoms with van der Waals surface area (Å²) in [7, 11) is 0. The van der Waals surface area contributed by atoms with Crippen LogP contribution in [-0.2, 0) is 11.2 Å². The van der Waals surface area contributed by atoms with Gasteiger partial charge in [0.15, 0.2) is 0 Å². The maximum Gasteiger partial charge on any atom is 0.308 e.